The van der Waals surface area contributed by atoms with Crippen LogP contribution >= 0.6 is 0 Å². The number of benzene rings is 1. The first-order chi connectivity index (χ1) is 7.13. The molecule has 78 valence electrons. The number of ether oxygens (including phenoxy) is 1. The molecule has 2 rings (SSSR count). The lowest BCUT2D eigenvalue weighted by Gasteiger charge is -1.96. The minimum Gasteiger partial charge on any atom is -0.465 e. The van der Waals surface area contributed by atoms with Gasteiger partial charge in [0.25, 0.3) is 0 Å². The van der Waals surface area contributed by atoms with Gasteiger partial charge in [-0.3, -0.25) is 0 Å². The van der Waals surface area contributed by atoms with E-state index in [4.69, 9.17) is 4.42 Å². The Morgan fingerprint density at radius 3 is 2.67 bits per heavy atom. The third-order valence-electron chi connectivity index (χ3n) is 2.02. The zero-order valence-electron chi connectivity index (χ0n) is 7.71. The molecule has 0 saturated heterocycles. The van der Waals surface area contributed by atoms with E-state index < -0.39 is 17.6 Å². The van der Waals surface area contributed by atoms with Crippen LogP contribution in [0.5, 0.6) is 0 Å². The summed E-state index contributed by atoms with van der Waals surface area (Å²) in [5, 5.41) is 0.195. The number of fused-ring (bicyclic) bond motifs is 1. The van der Waals surface area contributed by atoms with E-state index in [0.717, 1.165) is 18.4 Å². The van der Waals surface area contributed by atoms with Crippen LogP contribution in [0.25, 0.3) is 11.0 Å². The van der Waals surface area contributed by atoms with Crippen LogP contribution in [-0.2, 0) is 4.74 Å². The van der Waals surface area contributed by atoms with Gasteiger partial charge in [-0.2, -0.15) is 0 Å². The maximum atomic E-state index is 12.9. The van der Waals surface area contributed by atoms with Crippen LogP contribution in [0.4, 0.5) is 8.78 Å². The number of esters is 1. The molecule has 1 aromatic carbocycles. The van der Waals surface area contributed by atoms with Crippen molar-refractivity contribution in [1.82, 2.24) is 0 Å². The maximum absolute atomic E-state index is 12.9. The summed E-state index contributed by atoms with van der Waals surface area (Å²) in [6.45, 7) is 0. The monoisotopic (exact) mass is 212 g/mol. The first kappa shape index (κ1) is 9.64. The number of furan rings is 1. The third kappa shape index (κ3) is 1.45. The molecule has 1 heterocycles. The van der Waals surface area contributed by atoms with Crippen molar-refractivity contribution < 1.29 is 22.7 Å². The largest absolute Gasteiger partial charge is 0.465 e. The van der Waals surface area contributed by atoms with Crippen molar-refractivity contribution in [3.05, 3.63) is 35.6 Å². The summed E-state index contributed by atoms with van der Waals surface area (Å²) in [6, 6.07) is 1.79. The molecule has 0 saturated carbocycles. The molecule has 0 spiro atoms. The average Bonchev–Trinajstić information content (AvgIpc) is 2.61. The molecule has 0 fully saturated rings. The molecular weight excluding hydrogens is 206 g/mol. The summed E-state index contributed by atoms with van der Waals surface area (Å²) in [6.07, 6.45) is 1.11. The molecule has 15 heavy (non-hydrogen) atoms. The number of hydrogen-bond acceptors (Lipinski definition) is 3. The van der Waals surface area contributed by atoms with Crippen molar-refractivity contribution in [2.75, 3.05) is 7.11 Å². The lowest BCUT2D eigenvalue weighted by molar-refractivity contribution is 0.0602. The van der Waals surface area contributed by atoms with Gasteiger partial charge in [-0.15, -0.1) is 0 Å². The molecule has 0 amide bonds. The number of halogens is 2. The zero-order valence-corrected chi connectivity index (χ0v) is 7.71. The Bertz CT molecular complexity index is 531. The van der Waals surface area contributed by atoms with Gasteiger partial charge in [-0.1, -0.05) is 0 Å². The van der Waals surface area contributed by atoms with Crippen LogP contribution < -0.4 is 0 Å². The summed E-state index contributed by atoms with van der Waals surface area (Å²) in [7, 11) is 1.20. The SMILES string of the molecule is COC(=O)c1coc2cc(F)c(F)cc12. The molecule has 5 heteroatoms. The zero-order chi connectivity index (χ0) is 11.0. The first-order valence-electron chi connectivity index (χ1n) is 4.08. The molecule has 0 aliphatic rings. The fraction of sp³-hybridized carbons (Fsp3) is 0.100. The van der Waals surface area contributed by atoms with E-state index in [2.05, 4.69) is 4.74 Å². The van der Waals surface area contributed by atoms with Gasteiger partial charge in [-0.25, -0.2) is 13.6 Å². The van der Waals surface area contributed by atoms with E-state index >= 15 is 0 Å². The van der Waals surface area contributed by atoms with Crippen LogP contribution in [0.2, 0.25) is 0 Å². The van der Waals surface area contributed by atoms with E-state index in [1.54, 1.807) is 0 Å². The minimum atomic E-state index is -1.03. The number of carbonyl (C=O) groups excluding carboxylic acids is 1. The molecule has 0 unspecified atom stereocenters. The predicted molar refractivity (Wildman–Crippen MR) is 47.5 cm³/mol. The Labute approximate surface area is 83.2 Å². The normalized spacial score (nSPS) is 10.6. The fourth-order valence-electron chi connectivity index (χ4n) is 1.29. The summed E-state index contributed by atoms with van der Waals surface area (Å²) in [5.41, 5.74) is 0.181. The quantitative estimate of drug-likeness (QED) is 0.681. The highest BCUT2D eigenvalue weighted by Gasteiger charge is 2.16. The number of methoxy groups -OCH3 is 1. The highest BCUT2D eigenvalue weighted by atomic mass is 19.2. The summed E-state index contributed by atoms with van der Waals surface area (Å²) in [4.78, 5) is 11.2. The van der Waals surface area contributed by atoms with E-state index in [-0.39, 0.29) is 16.5 Å². The highest BCUT2D eigenvalue weighted by molar-refractivity contribution is 6.03. The van der Waals surface area contributed by atoms with Crippen LogP contribution in [0, 0.1) is 11.6 Å². The molecule has 0 atom stereocenters. The lowest BCUT2D eigenvalue weighted by atomic mass is 10.2. The van der Waals surface area contributed by atoms with Gasteiger partial charge in [-0.05, 0) is 6.07 Å². The Balaban J connectivity index is 2.69. The first-order valence-corrected chi connectivity index (χ1v) is 4.08. The van der Waals surface area contributed by atoms with Crippen molar-refractivity contribution in [3.8, 4) is 0 Å². The second kappa shape index (κ2) is 3.34. The van der Waals surface area contributed by atoms with Crippen LogP contribution in [-0.4, -0.2) is 13.1 Å². The Kier molecular flexibility index (Phi) is 2.15. The van der Waals surface area contributed by atoms with Gasteiger partial charge in [0, 0.05) is 11.5 Å². The van der Waals surface area contributed by atoms with Crippen LogP contribution in [0.15, 0.2) is 22.8 Å². The van der Waals surface area contributed by atoms with Gasteiger partial charge in [0.2, 0.25) is 0 Å². The fourth-order valence-corrected chi connectivity index (χ4v) is 1.29. The maximum Gasteiger partial charge on any atom is 0.341 e. The molecule has 3 nitrogen and oxygen atoms in total. The van der Waals surface area contributed by atoms with Crippen molar-refractivity contribution in [3.63, 3.8) is 0 Å². The lowest BCUT2D eigenvalue weighted by Crippen LogP contribution is -1.99. The molecule has 0 N–H and O–H groups in total. The van der Waals surface area contributed by atoms with Crippen molar-refractivity contribution >= 4 is 16.9 Å². The molecular formula is C10H6F2O3. The Morgan fingerprint density at radius 2 is 2.00 bits per heavy atom. The molecule has 2 aromatic rings. The van der Waals surface area contributed by atoms with Gasteiger partial charge in [0.1, 0.15) is 17.4 Å². The number of carbonyl (C=O) groups is 1. The highest BCUT2D eigenvalue weighted by Crippen LogP contribution is 2.24. The number of hydrogen-bond donors (Lipinski definition) is 0. The second-order valence-electron chi connectivity index (χ2n) is 2.90. The van der Waals surface area contributed by atoms with Gasteiger partial charge < -0.3 is 9.15 Å². The van der Waals surface area contributed by atoms with Gasteiger partial charge in [0.15, 0.2) is 11.6 Å². The average molecular weight is 212 g/mol. The van der Waals surface area contributed by atoms with Crippen molar-refractivity contribution in [2.24, 2.45) is 0 Å². The van der Waals surface area contributed by atoms with Crippen molar-refractivity contribution in [1.29, 1.82) is 0 Å². The standard InChI is InChI=1S/C10H6F2O3/c1-14-10(13)6-4-15-9-3-8(12)7(11)2-5(6)9/h2-4H,1H3. The Morgan fingerprint density at radius 1 is 1.33 bits per heavy atom. The van der Waals surface area contributed by atoms with Gasteiger partial charge in [0.05, 0.1) is 7.11 Å². The summed E-state index contributed by atoms with van der Waals surface area (Å²) >= 11 is 0. The van der Waals surface area contributed by atoms with Crippen LogP contribution in [0.1, 0.15) is 10.4 Å². The molecule has 0 bridgehead atoms. The molecule has 1 aromatic heterocycles. The van der Waals surface area contributed by atoms with Crippen LogP contribution in [0.3, 0.4) is 0 Å². The minimum absolute atomic E-state index is 0.0754. The van der Waals surface area contributed by atoms with E-state index in [1.165, 1.54) is 7.11 Å². The Hall–Kier alpha value is -1.91. The van der Waals surface area contributed by atoms with E-state index in [9.17, 15) is 13.6 Å². The second-order valence-corrected chi connectivity index (χ2v) is 2.90. The van der Waals surface area contributed by atoms with E-state index in [0.29, 0.717) is 0 Å². The molecule has 0 aliphatic heterocycles. The number of rotatable bonds is 1. The third-order valence-corrected chi connectivity index (χ3v) is 2.02. The summed E-state index contributed by atoms with van der Waals surface area (Å²) in [5.74, 6) is -2.71. The predicted octanol–water partition coefficient (Wildman–Crippen LogP) is 2.50. The molecule has 0 radical (unpaired) electrons. The topological polar surface area (TPSA) is 39.4 Å². The van der Waals surface area contributed by atoms with Gasteiger partial charge >= 0.3 is 5.97 Å². The van der Waals surface area contributed by atoms with E-state index in [1.807, 2.05) is 0 Å². The summed E-state index contributed by atoms with van der Waals surface area (Å²) < 4.78 is 35.1. The smallest absolute Gasteiger partial charge is 0.341 e. The molecule has 0 aliphatic carbocycles. The van der Waals surface area contributed by atoms with Crippen molar-refractivity contribution in [2.45, 2.75) is 0 Å².